The maximum Gasteiger partial charge on any atom is 0.337 e. The molecule has 0 saturated heterocycles. The van der Waals surface area contributed by atoms with E-state index < -0.39 is 16.0 Å². The van der Waals surface area contributed by atoms with E-state index in [2.05, 4.69) is 9.46 Å². The fourth-order valence-electron chi connectivity index (χ4n) is 2.53. The number of carbonyl (C=O) groups excluding carboxylic acids is 1. The number of esters is 1. The summed E-state index contributed by atoms with van der Waals surface area (Å²) in [5.41, 5.74) is 1.43. The Bertz CT molecular complexity index is 1150. The van der Waals surface area contributed by atoms with Gasteiger partial charge in [-0.05, 0) is 54.1 Å². The molecule has 0 unspecified atom stereocenters. The van der Waals surface area contributed by atoms with Crippen LogP contribution in [0.3, 0.4) is 0 Å². The van der Waals surface area contributed by atoms with Crippen LogP contribution in [0.4, 0.5) is 5.69 Å². The number of carbonyl (C=O) groups is 1. The molecule has 0 spiro atoms. The van der Waals surface area contributed by atoms with Gasteiger partial charge in [-0.2, -0.15) is 0 Å². The van der Waals surface area contributed by atoms with E-state index in [0.29, 0.717) is 15.6 Å². The second kappa shape index (κ2) is 9.38. The molecule has 0 radical (unpaired) electrons. The number of ether oxygens (including phenoxy) is 2. The van der Waals surface area contributed by atoms with Crippen molar-refractivity contribution in [2.24, 2.45) is 0 Å². The molecule has 0 amide bonds. The topological polar surface area (TPSA) is 81.7 Å². The van der Waals surface area contributed by atoms with Crippen LogP contribution in [0.1, 0.15) is 15.9 Å². The minimum absolute atomic E-state index is 0.0613. The van der Waals surface area contributed by atoms with Crippen LogP contribution in [-0.4, -0.2) is 21.5 Å². The first kappa shape index (κ1) is 22.0. The summed E-state index contributed by atoms with van der Waals surface area (Å²) in [4.78, 5) is 11.6. The van der Waals surface area contributed by atoms with Gasteiger partial charge >= 0.3 is 5.97 Å². The number of hydrogen-bond donors (Lipinski definition) is 1. The van der Waals surface area contributed by atoms with Gasteiger partial charge in [0.1, 0.15) is 12.4 Å². The molecule has 3 rings (SSSR count). The van der Waals surface area contributed by atoms with E-state index in [4.69, 9.17) is 27.9 Å². The molecular weight excluding hydrogens is 449 g/mol. The van der Waals surface area contributed by atoms with Gasteiger partial charge < -0.3 is 9.47 Å². The Kier molecular flexibility index (Phi) is 6.87. The molecule has 0 aromatic heterocycles. The van der Waals surface area contributed by atoms with Gasteiger partial charge in [0.2, 0.25) is 0 Å². The van der Waals surface area contributed by atoms with Gasteiger partial charge in [-0.25, -0.2) is 13.2 Å². The van der Waals surface area contributed by atoms with Gasteiger partial charge in [-0.3, -0.25) is 4.72 Å². The molecule has 3 aromatic rings. The monoisotopic (exact) mass is 465 g/mol. The van der Waals surface area contributed by atoms with Crippen LogP contribution < -0.4 is 9.46 Å². The van der Waals surface area contributed by atoms with Gasteiger partial charge in [-0.1, -0.05) is 35.3 Å². The number of nitrogens with one attached hydrogen (secondary N) is 1. The lowest BCUT2D eigenvalue weighted by Gasteiger charge is -2.14. The minimum Gasteiger partial charge on any atom is -0.487 e. The molecular formula is C21H17Cl2NO5S. The van der Waals surface area contributed by atoms with E-state index in [9.17, 15) is 13.2 Å². The highest BCUT2D eigenvalue weighted by Crippen LogP contribution is 2.31. The van der Waals surface area contributed by atoms with E-state index >= 15 is 0 Å². The third-order valence-electron chi connectivity index (χ3n) is 4.08. The number of sulfonamides is 1. The maximum absolute atomic E-state index is 12.7. The molecule has 3 aromatic carbocycles. The summed E-state index contributed by atoms with van der Waals surface area (Å²) in [5, 5.41) is 0.822. The molecule has 1 N–H and O–H groups in total. The zero-order valence-electron chi connectivity index (χ0n) is 15.8. The number of hydrogen-bond acceptors (Lipinski definition) is 5. The Hall–Kier alpha value is -2.74. The van der Waals surface area contributed by atoms with Crippen molar-refractivity contribution in [2.75, 3.05) is 11.8 Å². The van der Waals surface area contributed by atoms with Crippen molar-refractivity contribution >= 4 is 44.9 Å². The number of methoxy groups -OCH3 is 1. The highest BCUT2D eigenvalue weighted by atomic mass is 35.5. The Labute approximate surface area is 184 Å². The lowest BCUT2D eigenvalue weighted by atomic mass is 10.1. The van der Waals surface area contributed by atoms with E-state index in [0.717, 1.165) is 5.56 Å². The second-order valence-corrected chi connectivity index (χ2v) is 8.73. The first-order valence-corrected chi connectivity index (χ1v) is 10.9. The molecule has 9 heteroatoms. The lowest BCUT2D eigenvalue weighted by molar-refractivity contribution is 0.0600. The maximum atomic E-state index is 12.7. The first-order valence-electron chi connectivity index (χ1n) is 8.66. The summed E-state index contributed by atoms with van der Waals surface area (Å²) < 4.78 is 38.3. The average molecular weight is 466 g/mol. The average Bonchev–Trinajstić information content (AvgIpc) is 2.74. The van der Waals surface area contributed by atoms with Crippen molar-refractivity contribution in [3.05, 3.63) is 87.9 Å². The fraction of sp³-hybridized carbons (Fsp3) is 0.0952. The number of anilines is 1. The van der Waals surface area contributed by atoms with Crippen LogP contribution in [-0.2, 0) is 21.4 Å². The molecule has 0 heterocycles. The predicted molar refractivity (Wildman–Crippen MR) is 116 cm³/mol. The van der Waals surface area contributed by atoms with Crippen molar-refractivity contribution in [2.45, 2.75) is 11.5 Å². The molecule has 0 aliphatic rings. The summed E-state index contributed by atoms with van der Waals surface area (Å²) in [6, 6.07) is 17.1. The summed E-state index contributed by atoms with van der Waals surface area (Å²) in [6.07, 6.45) is 0. The molecule has 0 saturated carbocycles. The third-order valence-corrected chi connectivity index (χ3v) is 5.95. The highest BCUT2D eigenvalue weighted by Gasteiger charge is 2.17. The Morgan fingerprint density at radius 3 is 2.20 bits per heavy atom. The van der Waals surface area contributed by atoms with E-state index in [1.807, 2.05) is 0 Å². The first-order chi connectivity index (χ1) is 14.3. The molecule has 0 aliphatic heterocycles. The number of benzene rings is 3. The summed E-state index contributed by atoms with van der Waals surface area (Å²) in [6.45, 7) is 0.136. The van der Waals surface area contributed by atoms with Crippen LogP contribution in [0.2, 0.25) is 10.0 Å². The Morgan fingerprint density at radius 1 is 0.933 bits per heavy atom. The molecule has 156 valence electrons. The van der Waals surface area contributed by atoms with Crippen LogP contribution >= 0.6 is 23.2 Å². The highest BCUT2D eigenvalue weighted by molar-refractivity contribution is 7.92. The third kappa shape index (κ3) is 5.44. The van der Waals surface area contributed by atoms with Gasteiger partial charge in [-0.15, -0.1) is 0 Å². The fourth-order valence-corrected chi connectivity index (χ4v) is 3.89. The zero-order valence-corrected chi connectivity index (χ0v) is 18.1. The zero-order chi connectivity index (χ0) is 21.7. The smallest absolute Gasteiger partial charge is 0.337 e. The Morgan fingerprint density at radius 2 is 1.57 bits per heavy atom. The van der Waals surface area contributed by atoms with Crippen molar-refractivity contribution in [1.82, 2.24) is 0 Å². The minimum atomic E-state index is -3.85. The summed E-state index contributed by atoms with van der Waals surface area (Å²) >= 11 is 11.9. The predicted octanol–water partition coefficient (Wildman–Crippen LogP) is 5.16. The van der Waals surface area contributed by atoms with Crippen molar-refractivity contribution < 1.29 is 22.7 Å². The summed E-state index contributed by atoms with van der Waals surface area (Å²) in [5.74, 6) is -0.173. The number of halogens is 2. The van der Waals surface area contributed by atoms with Gasteiger partial charge in [0.25, 0.3) is 10.0 Å². The lowest BCUT2D eigenvalue weighted by Crippen LogP contribution is -2.14. The van der Waals surface area contributed by atoms with Crippen molar-refractivity contribution in [3.63, 3.8) is 0 Å². The molecule has 0 atom stereocenters. The van der Waals surface area contributed by atoms with Crippen molar-refractivity contribution in [3.8, 4) is 5.75 Å². The van der Waals surface area contributed by atoms with Crippen LogP contribution in [0.15, 0.2) is 71.6 Å². The quantitative estimate of drug-likeness (QED) is 0.487. The van der Waals surface area contributed by atoms with Crippen molar-refractivity contribution in [1.29, 1.82) is 0 Å². The largest absolute Gasteiger partial charge is 0.487 e. The van der Waals surface area contributed by atoms with E-state index in [1.165, 1.54) is 43.5 Å². The SMILES string of the molecule is COC(=O)c1ccc(COc2cc(Cl)ccc2NS(=O)(=O)c2ccc(Cl)cc2)cc1. The molecule has 6 nitrogen and oxygen atoms in total. The molecule has 0 aliphatic carbocycles. The van der Waals surface area contributed by atoms with Gasteiger partial charge in [0.05, 0.1) is 23.3 Å². The van der Waals surface area contributed by atoms with Crippen LogP contribution in [0.25, 0.3) is 0 Å². The van der Waals surface area contributed by atoms with Crippen LogP contribution in [0.5, 0.6) is 5.75 Å². The molecule has 0 bridgehead atoms. The molecule has 0 fully saturated rings. The standard InChI is InChI=1S/C21H17Cl2NO5S/c1-28-21(25)15-4-2-14(3-5-15)13-29-20-12-17(23)8-11-19(20)24-30(26,27)18-9-6-16(22)7-10-18/h2-12,24H,13H2,1H3. The van der Waals surface area contributed by atoms with Gasteiger partial charge in [0.15, 0.2) is 0 Å². The van der Waals surface area contributed by atoms with Gasteiger partial charge in [0, 0.05) is 16.1 Å². The van der Waals surface area contributed by atoms with Crippen LogP contribution in [0, 0.1) is 0 Å². The Balaban J connectivity index is 1.78. The van der Waals surface area contributed by atoms with E-state index in [-0.39, 0.29) is 22.9 Å². The number of rotatable bonds is 7. The normalized spacial score (nSPS) is 11.0. The van der Waals surface area contributed by atoms with E-state index in [1.54, 1.807) is 30.3 Å². The second-order valence-electron chi connectivity index (χ2n) is 6.18. The molecule has 30 heavy (non-hydrogen) atoms. The summed E-state index contributed by atoms with van der Waals surface area (Å²) in [7, 11) is -2.54.